The number of carbonyl (C=O) groups excluding carboxylic acids is 1. The summed E-state index contributed by atoms with van der Waals surface area (Å²) in [6.45, 7) is 3.42. The van der Waals surface area contributed by atoms with E-state index in [1.165, 1.54) is 0 Å². The second-order valence-electron chi connectivity index (χ2n) is 3.50. The van der Waals surface area contributed by atoms with Crippen molar-refractivity contribution in [3.8, 4) is 0 Å². The molecule has 0 aliphatic rings. The Balaban J connectivity index is 4.17. The van der Waals surface area contributed by atoms with Gasteiger partial charge in [0.05, 0.1) is 12.6 Å². The van der Waals surface area contributed by atoms with Crippen LogP contribution in [0.4, 0.5) is 0 Å². The Kier molecular flexibility index (Phi) is 5.11. The lowest BCUT2D eigenvalue weighted by molar-refractivity contribution is -0.143. The fourth-order valence-corrected chi connectivity index (χ4v) is 0.960. The number of hydrogen-bond donors (Lipinski definition) is 4. The van der Waals surface area contributed by atoms with Gasteiger partial charge in [0.1, 0.15) is 6.04 Å². The van der Waals surface area contributed by atoms with E-state index >= 15 is 0 Å². The van der Waals surface area contributed by atoms with Crippen LogP contribution in [0.25, 0.3) is 0 Å². The normalized spacial score (nSPS) is 13.0. The molecule has 1 atom stereocenters. The molecule has 0 aromatic carbocycles. The third-order valence-corrected chi connectivity index (χ3v) is 1.67. The summed E-state index contributed by atoms with van der Waals surface area (Å²) in [7, 11) is 0. The van der Waals surface area contributed by atoms with E-state index in [1.54, 1.807) is 13.8 Å². The number of nitrogens with two attached hydrogens (primary N) is 2. The second-order valence-corrected chi connectivity index (χ2v) is 3.50. The number of carbonyl (C=O) groups is 2. The van der Waals surface area contributed by atoms with Gasteiger partial charge in [0, 0.05) is 0 Å². The maximum absolute atomic E-state index is 11.1. The van der Waals surface area contributed by atoms with Gasteiger partial charge in [0.25, 0.3) is 0 Å². The van der Waals surface area contributed by atoms with Gasteiger partial charge >= 0.3 is 5.97 Å². The first-order chi connectivity index (χ1) is 6.34. The summed E-state index contributed by atoms with van der Waals surface area (Å²) < 4.78 is 0. The van der Waals surface area contributed by atoms with E-state index in [9.17, 15) is 9.59 Å². The number of nitrogens with one attached hydrogen (secondary N) is 1. The van der Waals surface area contributed by atoms with Crippen LogP contribution < -0.4 is 16.8 Å². The van der Waals surface area contributed by atoms with Crippen LogP contribution in [-0.2, 0) is 9.59 Å². The highest BCUT2D eigenvalue weighted by molar-refractivity contribution is 5.83. The van der Waals surface area contributed by atoms with E-state index in [1.807, 2.05) is 0 Å². The molecular formula is C8H17N3O3. The molecule has 0 aliphatic heterocycles. The maximum atomic E-state index is 11.1. The lowest BCUT2D eigenvalue weighted by Crippen LogP contribution is -2.47. The van der Waals surface area contributed by atoms with Crippen molar-refractivity contribution in [3.05, 3.63) is 0 Å². The van der Waals surface area contributed by atoms with Crippen LogP contribution in [0.15, 0.2) is 0 Å². The van der Waals surface area contributed by atoms with Gasteiger partial charge in [-0.05, 0) is 5.92 Å². The number of amides is 1. The molecule has 6 nitrogen and oxygen atoms in total. The highest BCUT2D eigenvalue weighted by atomic mass is 16.4. The first kappa shape index (κ1) is 12.9. The van der Waals surface area contributed by atoms with E-state index in [-0.39, 0.29) is 12.3 Å². The van der Waals surface area contributed by atoms with Crippen molar-refractivity contribution in [2.45, 2.75) is 32.5 Å². The number of hydrogen-bond acceptors (Lipinski definition) is 4. The zero-order valence-electron chi connectivity index (χ0n) is 8.36. The zero-order chi connectivity index (χ0) is 11.3. The van der Waals surface area contributed by atoms with Gasteiger partial charge in [-0.3, -0.25) is 4.79 Å². The van der Waals surface area contributed by atoms with Gasteiger partial charge in [-0.1, -0.05) is 13.8 Å². The third kappa shape index (κ3) is 4.78. The predicted molar refractivity (Wildman–Crippen MR) is 51.2 cm³/mol. The minimum atomic E-state index is -1.06. The summed E-state index contributed by atoms with van der Waals surface area (Å²) in [5.74, 6) is -1.68. The molecule has 0 saturated heterocycles. The number of rotatable bonds is 5. The van der Waals surface area contributed by atoms with Crippen LogP contribution >= 0.6 is 0 Å². The van der Waals surface area contributed by atoms with E-state index in [4.69, 9.17) is 16.6 Å². The van der Waals surface area contributed by atoms with Crippen LogP contribution in [0.1, 0.15) is 20.3 Å². The highest BCUT2D eigenvalue weighted by Gasteiger charge is 2.23. The molecule has 1 unspecified atom stereocenters. The van der Waals surface area contributed by atoms with E-state index in [2.05, 4.69) is 5.32 Å². The topological polar surface area (TPSA) is 118 Å². The van der Waals surface area contributed by atoms with E-state index < -0.39 is 24.1 Å². The first-order valence-electron chi connectivity index (χ1n) is 4.38. The smallest absolute Gasteiger partial charge is 0.326 e. The van der Waals surface area contributed by atoms with E-state index in [0.29, 0.717) is 0 Å². The van der Waals surface area contributed by atoms with Crippen LogP contribution in [0, 0.1) is 5.92 Å². The molecule has 0 aliphatic carbocycles. The summed E-state index contributed by atoms with van der Waals surface area (Å²) in [4.78, 5) is 21.8. The van der Waals surface area contributed by atoms with Crippen molar-refractivity contribution in [2.75, 3.05) is 0 Å². The first-order valence-corrected chi connectivity index (χ1v) is 4.38. The van der Waals surface area contributed by atoms with Crippen molar-refractivity contribution < 1.29 is 14.7 Å². The average Bonchev–Trinajstić information content (AvgIpc) is 1.97. The maximum Gasteiger partial charge on any atom is 0.326 e. The largest absolute Gasteiger partial charge is 0.480 e. The summed E-state index contributed by atoms with van der Waals surface area (Å²) in [5.41, 5.74) is 10.4. The molecule has 1 amide bonds. The molecule has 0 rings (SSSR count). The van der Waals surface area contributed by atoms with Crippen molar-refractivity contribution in [2.24, 2.45) is 17.4 Å². The fourth-order valence-electron chi connectivity index (χ4n) is 0.960. The van der Waals surface area contributed by atoms with Gasteiger partial charge in [-0.25, -0.2) is 4.79 Å². The molecule has 0 bridgehead atoms. The quantitative estimate of drug-likeness (QED) is 0.420. The van der Waals surface area contributed by atoms with Crippen LogP contribution in [0.5, 0.6) is 0 Å². The van der Waals surface area contributed by atoms with Crippen molar-refractivity contribution in [1.29, 1.82) is 0 Å². The summed E-state index contributed by atoms with van der Waals surface area (Å²) in [6.07, 6.45) is -0.826. The predicted octanol–water partition coefficient (Wildman–Crippen LogP) is -1.15. The molecular weight excluding hydrogens is 186 g/mol. The van der Waals surface area contributed by atoms with Crippen molar-refractivity contribution >= 4 is 11.9 Å². The number of aliphatic carboxylic acids is 1. The monoisotopic (exact) mass is 203 g/mol. The molecule has 82 valence electrons. The van der Waals surface area contributed by atoms with Crippen LogP contribution in [0.2, 0.25) is 0 Å². The molecule has 0 aromatic heterocycles. The minimum Gasteiger partial charge on any atom is -0.480 e. The van der Waals surface area contributed by atoms with Gasteiger partial charge in [0.2, 0.25) is 5.91 Å². The molecule has 0 spiro atoms. The number of carboxylic acids is 1. The Morgan fingerprint density at radius 3 is 2.14 bits per heavy atom. The SMILES string of the molecule is CC(C)C(NC(=O)CC(N)N)C(=O)O. The molecule has 6 heteroatoms. The molecule has 0 aromatic rings. The highest BCUT2D eigenvalue weighted by Crippen LogP contribution is 2.01. The second kappa shape index (κ2) is 5.56. The van der Waals surface area contributed by atoms with Gasteiger partial charge in [0.15, 0.2) is 0 Å². The molecule has 0 fully saturated rings. The Morgan fingerprint density at radius 2 is 1.86 bits per heavy atom. The Hall–Kier alpha value is -1.14. The average molecular weight is 203 g/mol. The van der Waals surface area contributed by atoms with E-state index in [0.717, 1.165) is 0 Å². The van der Waals surface area contributed by atoms with Gasteiger partial charge in [-0.2, -0.15) is 0 Å². The number of carboxylic acid groups (broad SMARTS) is 1. The van der Waals surface area contributed by atoms with Crippen LogP contribution in [0.3, 0.4) is 0 Å². The summed E-state index contributed by atoms with van der Waals surface area (Å²) in [6, 6.07) is -0.888. The molecule has 0 heterocycles. The van der Waals surface area contributed by atoms with Crippen molar-refractivity contribution in [3.63, 3.8) is 0 Å². The lowest BCUT2D eigenvalue weighted by atomic mass is 10.0. The Bertz CT molecular complexity index is 216. The molecule has 0 radical (unpaired) electrons. The Morgan fingerprint density at radius 1 is 1.36 bits per heavy atom. The third-order valence-electron chi connectivity index (χ3n) is 1.67. The Labute approximate surface area is 82.6 Å². The van der Waals surface area contributed by atoms with Gasteiger partial charge < -0.3 is 21.9 Å². The standard InChI is InChI=1S/C8H17N3O3/c1-4(2)7(8(13)14)11-6(12)3-5(9)10/h4-5,7H,3,9-10H2,1-2H3,(H,11,12)(H,13,14). The van der Waals surface area contributed by atoms with Crippen molar-refractivity contribution in [1.82, 2.24) is 5.32 Å². The molecule has 14 heavy (non-hydrogen) atoms. The minimum absolute atomic E-state index is 0.0729. The molecule has 0 saturated carbocycles. The summed E-state index contributed by atoms with van der Waals surface area (Å²) in [5, 5.41) is 11.1. The molecule has 6 N–H and O–H groups in total. The lowest BCUT2D eigenvalue weighted by Gasteiger charge is -2.18. The zero-order valence-corrected chi connectivity index (χ0v) is 8.36. The van der Waals surface area contributed by atoms with Crippen LogP contribution in [-0.4, -0.2) is 29.2 Å². The van der Waals surface area contributed by atoms with Gasteiger partial charge in [-0.15, -0.1) is 0 Å². The fraction of sp³-hybridized carbons (Fsp3) is 0.750. The summed E-state index contributed by atoms with van der Waals surface area (Å²) >= 11 is 0.